The Bertz CT molecular complexity index is 658. The smallest absolute Gasteiger partial charge is 0.244 e. The zero-order chi connectivity index (χ0) is 17.6. The summed E-state index contributed by atoms with van der Waals surface area (Å²) in [6.07, 6.45) is 3.33. The number of carbonyl (C=O) groups is 1. The summed E-state index contributed by atoms with van der Waals surface area (Å²) >= 11 is 0. The van der Waals surface area contributed by atoms with Crippen molar-refractivity contribution in [3.05, 3.63) is 29.8 Å². The van der Waals surface area contributed by atoms with Crippen LogP contribution in [-0.4, -0.2) is 67.1 Å². The van der Waals surface area contributed by atoms with E-state index in [-0.39, 0.29) is 11.9 Å². The van der Waals surface area contributed by atoms with Gasteiger partial charge in [0.15, 0.2) is 0 Å². The Hall–Kier alpha value is -1.59. The second kappa shape index (κ2) is 6.29. The molecular weight excluding hydrogens is 314 g/mol. The first-order chi connectivity index (χ1) is 12.0. The van der Waals surface area contributed by atoms with Crippen LogP contribution in [0.2, 0.25) is 0 Å². The highest BCUT2D eigenvalue weighted by molar-refractivity contribution is 5.87. The third-order valence-corrected chi connectivity index (χ3v) is 6.22. The summed E-state index contributed by atoms with van der Waals surface area (Å²) in [4.78, 5) is 17.9. The average molecular weight is 343 g/mol. The van der Waals surface area contributed by atoms with E-state index in [4.69, 9.17) is 4.74 Å². The highest BCUT2D eigenvalue weighted by Crippen LogP contribution is 2.34. The predicted octanol–water partition coefficient (Wildman–Crippen LogP) is 1.52. The summed E-state index contributed by atoms with van der Waals surface area (Å²) in [6.45, 7) is 4.74. The molecule has 5 nitrogen and oxygen atoms in total. The molecule has 5 heteroatoms. The first kappa shape index (κ1) is 16.9. The second-order valence-electron chi connectivity index (χ2n) is 8.24. The molecule has 1 aromatic carbocycles. The Morgan fingerprint density at radius 1 is 1.28 bits per heavy atom. The molecule has 4 rings (SSSR count). The molecule has 0 spiro atoms. The Morgan fingerprint density at radius 3 is 2.76 bits per heavy atom. The lowest BCUT2D eigenvalue weighted by molar-refractivity contribution is -0.135. The summed E-state index contributed by atoms with van der Waals surface area (Å²) in [5, 5.41) is 3.36. The predicted molar refractivity (Wildman–Crippen MR) is 97.7 cm³/mol. The first-order valence-electron chi connectivity index (χ1n) is 9.43. The Morgan fingerprint density at radius 2 is 2.04 bits per heavy atom. The highest BCUT2D eigenvalue weighted by atomic mass is 16.5. The zero-order valence-electron chi connectivity index (χ0n) is 15.5. The van der Waals surface area contributed by atoms with Crippen LogP contribution >= 0.6 is 0 Å². The number of nitrogens with one attached hydrogen (secondary N) is 1. The van der Waals surface area contributed by atoms with Gasteiger partial charge in [-0.2, -0.15) is 0 Å². The van der Waals surface area contributed by atoms with Gasteiger partial charge < -0.3 is 10.1 Å². The molecule has 2 fully saturated rings. The number of nitrogens with zero attached hydrogens (tertiary/aromatic N) is 2. The molecule has 2 heterocycles. The fourth-order valence-electron chi connectivity index (χ4n) is 4.22. The molecule has 3 unspecified atom stereocenters. The zero-order valence-corrected chi connectivity index (χ0v) is 15.5. The molecule has 1 saturated heterocycles. The van der Waals surface area contributed by atoms with E-state index in [0.717, 1.165) is 30.4 Å². The normalized spacial score (nSPS) is 32.3. The summed E-state index contributed by atoms with van der Waals surface area (Å²) in [5.41, 5.74) is 0.470. The topological polar surface area (TPSA) is 44.8 Å². The Labute approximate surface area is 150 Å². The molecule has 1 saturated carbocycles. The van der Waals surface area contributed by atoms with Crippen molar-refractivity contribution < 1.29 is 9.53 Å². The molecule has 1 aromatic rings. The van der Waals surface area contributed by atoms with Crippen molar-refractivity contribution in [1.29, 1.82) is 0 Å². The molecule has 1 aliphatic carbocycles. The summed E-state index contributed by atoms with van der Waals surface area (Å²) in [5.74, 6) is 1.50. The van der Waals surface area contributed by atoms with E-state index in [2.05, 4.69) is 23.2 Å². The van der Waals surface area contributed by atoms with E-state index < -0.39 is 5.54 Å². The third kappa shape index (κ3) is 3.04. The van der Waals surface area contributed by atoms with Crippen LogP contribution in [0.25, 0.3) is 0 Å². The van der Waals surface area contributed by atoms with Crippen molar-refractivity contribution in [2.75, 3.05) is 33.8 Å². The number of likely N-dealkylation sites (N-methyl/N-ethyl adjacent to an activating group) is 1. The maximum absolute atomic E-state index is 13.3. The molecule has 0 bridgehead atoms. The van der Waals surface area contributed by atoms with Crippen LogP contribution in [0.1, 0.15) is 25.3 Å². The number of fused-ring (bicyclic) bond motifs is 1. The van der Waals surface area contributed by atoms with Crippen molar-refractivity contribution in [2.24, 2.45) is 5.92 Å². The van der Waals surface area contributed by atoms with Crippen LogP contribution in [0.15, 0.2) is 24.3 Å². The van der Waals surface area contributed by atoms with Crippen LogP contribution in [0.5, 0.6) is 5.75 Å². The van der Waals surface area contributed by atoms with E-state index in [9.17, 15) is 4.79 Å². The minimum atomic E-state index is -0.638. The average Bonchev–Trinajstić information content (AvgIpc) is 3.39. The molecule has 3 atom stereocenters. The molecule has 0 radical (unpaired) electrons. The molecule has 1 N–H and O–H groups in total. The molecule has 25 heavy (non-hydrogen) atoms. The van der Waals surface area contributed by atoms with Gasteiger partial charge in [-0.25, -0.2) is 0 Å². The SMILES string of the molecule is CC1CN(C2CC2)CC1NC(=O)C1(N(C)C)COc2ccccc2C1. The monoisotopic (exact) mass is 343 g/mol. The summed E-state index contributed by atoms with van der Waals surface area (Å²) in [6, 6.07) is 9.04. The Kier molecular flexibility index (Phi) is 4.24. The molecule has 3 aliphatic rings. The number of benzene rings is 1. The van der Waals surface area contributed by atoms with Gasteiger partial charge in [-0.1, -0.05) is 25.1 Å². The van der Waals surface area contributed by atoms with Gasteiger partial charge in [0.1, 0.15) is 17.9 Å². The minimum Gasteiger partial charge on any atom is -0.491 e. The number of hydrogen-bond acceptors (Lipinski definition) is 4. The van der Waals surface area contributed by atoms with Gasteiger partial charge in [-0.3, -0.25) is 14.6 Å². The van der Waals surface area contributed by atoms with E-state index in [1.54, 1.807) is 0 Å². The summed E-state index contributed by atoms with van der Waals surface area (Å²) in [7, 11) is 3.96. The first-order valence-corrected chi connectivity index (χ1v) is 9.43. The van der Waals surface area contributed by atoms with E-state index in [1.807, 2.05) is 37.2 Å². The number of rotatable bonds is 4. The lowest BCUT2D eigenvalue weighted by Gasteiger charge is -2.42. The maximum Gasteiger partial charge on any atom is 0.244 e. The maximum atomic E-state index is 13.3. The third-order valence-electron chi connectivity index (χ3n) is 6.22. The highest BCUT2D eigenvalue weighted by Gasteiger charge is 2.47. The molecule has 2 aliphatic heterocycles. The van der Waals surface area contributed by atoms with E-state index in [0.29, 0.717) is 18.9 Å². The van der Waals surface area contributed by atoms with Gasteiger partial charge in [-0.15, -0.1) is 0 Å². The fourth-order valence-corrected chi connectivity index (χ4v) is 4.22. The van der Waals surface area contributed by atoms with Crippen LogP contribution in [0, 0.1) is 5.92 Å². The van der Waals surface area contributed by atoms with Crippen molar-refractivity contribution in [3.63, 3.8) is 0 Å². The summed E-state index contributed by atoms with van der Waals surface area (Å²) < 4.78 is 5.97. The number of ether oxygens (including phenoxy) is 1. The molecular formula is C20H29N3O2. The van der Waals surface area contributed by atoms with Crippen molar-refractivity contribution in [1.82, 2.24) is 15.1 Å². The lowest BCUT2D eigenvalue weighted by Crippen LogP contribution is -2.64. The minimum absolute atomic E-state index is 0.0986. The van der Waals surface area contributed by atoms with Crippen molar-refractivity contribution >= 4 is 5.91 Å². The number of para-hydroxylation sites is 1. The largest absolute Gasteiger partial charge is 0.491 e. The Balaban J connectivity index is 1.50. The van der Waals surface area contributed by atoms with Crippen molar-refractivity contribution in [2.45, 2.75) is 43.8 Å². The number of likely N-dealkylation sites (tertiary alicyclic amines) is 1. The standard InChI is InChI=1S/C20H29N3O2/c1-14-11-23(16-8-9-16)12-17(14)21-19(24)20(22(2)3)10-15-6-4-5-7-18(15)25-13-20/h4-7,14,16-17H,8-13H2,1-3H3,(H,21,24). The molecule has 136 valence electrons. The fraction of sp³-hybridized carbons (Fsp3) is 0.650. The van der Waals surface area contributed by atoms with Gasteiger partial charge in [0.25, 0.3) is 0 Å². The van der Waals surface area contributed by atoms with Crippen LogP contribution in [0.4, 0.5) is 0 Å². The number of hydrogen-bond donors (Lipinski definition) is 1. The molecule has 1 amide bonds. The van der Waals surface area contributed by atoms with Gasteiger partial charge in [-0.05, 0) is 44.5 Å². The number of amides is 1. The van der Waals surface area contributed by atoms with Gasteiger partial charge >= 0.3 is 0 Å². The van der Waals surface area contributed by atoms with Gasteiger partial charge in [0, 0.05) is 31.6 Å². The van der Waals surface area contributed by atoms with Crippen LogP contribution in [0.3, 0.4) is 0 Å². The van der Waals surface area contributed by atoms with E-state index >= 15 is 0 Å². The van der Waals surface area contributed by atoms with Crippen molar-refractivity contribution in [3.8, 4) is 5.75 Å². The second-order valence-corrected chi connectivity index (χ2v) is 8.24. The lowest BCUT2D eigenvalue weighted by atomic mass is 9.86. The van der Waals surface area contributed by atoms with Gasteiger partial charge in [0.2, 0.25) is 5.91 Å². The number of carbonyl (C=O) groups excluding carboxylic acids is 1. The van der Waals surface area contributed by atoms with Gasteiger partial charge in [0.05, 0.1) is 0 Å². The van der Waals surface area contributed by atoms with E-state index in [1.165, 1.54) is 12.8 Å². The van der Waals surface area contributed by atoms with Crippen LogP contribution in [-0.2, 0) is 11.2 Å². The quantitative estimate of drug-likeness (QED) is 0.900. The van der Waals surface area contributed by atoms with Crippen LogP contribution < -0.4 is 10.1 Å². The molecule has 0 aromatic heterocycles.